The smallest absolute Gasteiger partial charge is 0.255 e. The Morgan fingerprint density at radius 3 is 1.93 bits per heavy atom. The lowest BCUT2D eigenvalue weighted by molar-refractivity contribution is -0.135. The highest BCUT2D eigenvalue weighted by atomic mass is 35.5. The second kappa shape index (κ2) is 23.6. The molecule has 1 unspecified atom stereocenters. The van der Waals surface area contributed by atoms with Gasteiger partial charge in [-0.3, -0.25) is 18.9 Å². The molecule has 1 aromatic carbocycles. The van der Waals surface area contributed by atoms with Gasteiger partial charge in [0.1, 0.15) is 6.33 Å². The van der Waals surface area contributed by atoms with Crippen molar-refractivity contribution in [3.63, 3.8) is 0 Å². The molecule has 2 heterocycles. The van der Waals surface area contributed by atoms with Crippen LogP contribution in [0.4, 0.5) is 11.4 Å². The van der Waals surface area contributed by atoms with E-state index in [0.717, 1.165) is 44.9 Å². The quantitative estimate of drug-likeness (QED) is 0.0546. The lowest BCUT2D eigenvalue weighted by Gasteiger charge is -2.25. The van der Waals surface area contributed by atoms with Gasteiger partial charge in [-0.05, 0) is 31.0 Å². The third-order valence-corrected chi connectivity index (χ3v) is 11.3. The van der Waals surface area contributed by atoms with Gasteiger partial charge in [-0.2, -0.15) is 4.98 Å². The van der Waals surface area contributed by atoms with Gasteiger partial charge < -0.3 is 10.1 Å². The van der Waals surface area contributed by atoms with Crippen LogP contribution in [0.1, 0.15) is 163 Å². The fourth-order valence-corrected chi connectivity index (χ4v) is 7.72. The van der Waals surface area contributed by atoms with Crippen LogP contribution in [-0.4, -0.2) is 52.0 Å². The molecule has 0 bridgehead atoms. The Labute approximate surface area is 329 Å². The Bertz CT molecular complexity index is 1690. The molecule has 0 aliphatic heterocycles. The first-order valence-electron chi connectivity index (χ1n) is 20.3. The van der Waals surface area contributed by atoms with Crippen LogP contribution in [0.15, 0.2) is 30.9 Å². The average molecular weight is 790 g/mol. The number of nitrogens with zero attached hydrogens (tertiary/aromatic N) is 4. The van der Waals surface area contributed by atoms with E-state index < -0.39 is 27.4 Å². The van der Waals surface area contributed by atoms with E-state index in [1.807, 2.05) is 0 Å². The third kappa shape index (κ3) is 15.5. The van der Waals surface area contributed by atoms with Gasteiger partial charge in [-0.25, -0.2) is 18.4 Å². The largest absolute Gasteiger partial charge is 0.476 e. The topological polar surface area (TPSA) is 145 Å². The van der Waals surface area contributed by atoms with Crippen molar-refractivity contribution in [2.45, 2.75) is 163 Å². The summed E-state index contributed by atoms with van der Waals surface area (Å²) in [6.45, 7) is 10.1. The molecule has 302 valence electrons. The number of ketones is 1. The number of benzene rings is 1. The predicted molar refractivity (Wildman–Crippen MR) is 221 cm³/mol. The second-order valence-corrected chi connectivity index (χ2v) is 17.7. The van der Waals surface area contributed by atoms with E-state index >= 15 is 0 Å². The first-order valence-corrected chi connectivity index (χ1v) is 22.4. The number of hydrogen-bond acceptors (Lipinski definition) is 8. The van der Waals surface area contributed by atoms with Crippen molar-refractivity contribution in [1.29, 1.82) is 0 Å². The molecule has 3 aromatic rings. The number of Topliss-reactive ketones (excluding diaryl/α,β-unsaturated/α-hetero) is 1. The van der Waals surface area contributed by atoms with Crippen molar-refractivity contribution < 1.29 is 22.7 Å². The molecule has 0 aliphatic rings. The molecule has 13 heteroatoms. The Balaban J connectivity index is 1.58. The summed E-state index contributed by atoms with van der Waals surface area (Å²) in [6, 6.07) is 3.16. The van der Waals surface area contributed by atoms with E-state index in [9.17, 15) is 18.0 Å². The third-order valence-electron chi connectivity index (χ3n) is 9.59. The zero-order valence-corrected chi connectivity index (χ0v) is 35.0. The molecule has 11 nitrogen and oxygen atoms in total. The number of carbonyl (C=O) groups is 2. The number of halogens is 1. The number of fused-ring (bicyclic) bond motifs is 1. The molecule has 2 N–H and O–H groups in total. The fraction of sp³-hybridized carbons (Fsp3) is 0.683. The molecular formula is C41H65ClN6O5S. The molecule has 3 rings (SSSR count). The number of imidazole rings is 1. The normalized spacial score (nSPS) is 12.6. The van der Waals surface area contributed by atoms with E-state index in [4.69, 9.17) is 16.3 Å². The second-order valence-electron chi connectivity index (χ2n) is 15.5. The van der Waals surface area contributed by atoms with Crippen molar-refractivity contribution in [1.82, 2.24) is 19.5 Å². The van der Waals surface area contributed by atoms with Gasteiger partial charge in [0, 0.05) is 5.41 Å². The van der Waals surface area contributed by atoms with Crippen LogP contribution >= 0.6 is 11.6 Å². The summed E-state index contributed by atoms with van der Waals surface area (Å²) in [4.78, 5) is 40.9. The Morgan fingerprint density at radius 2 is 1.35 bits per heavy atom. The van der Waals surface area contributed by atoms with E-state index in [0.29, 0.717) is 18.5 Å². The van der Waals surface area contributed by atoms with Crippen LogP contribution in [0.3, 0.4) is 0 Å². The summed E-state index contributed by atoms with van der Waals surface area (Å²) >= 11 is 6.48. The predicted octanol–water partition coefficient (Wildman–Crippen LogP) is 10.8. The highest BCUT2D eigenvalue weighted by Gasteiger charge is 2.38. The molecular weight excluding hydrogens is 724 g/mol. The molecule has 0 spiro atoms. The molecule has 1 atom stereocenters. The molecule has 1 amide bonds. The number of sulfonamides is 1. The summed E-state index contributed by atoms with van der Waals surface area (Å²) in [5.41, 5.74) is 0.142. The van der Waals surface area contributed by atoms with Crippen LogP contribution < -0.4 is 14.8 Å². The zero-order valence-electron chi connectivity index (χ0n) is 33.4. The molecule has 0 saturated carbocycles. The summed E-state index contributed by atoms with van der Waals surface area (Å²) in [5.74, 6) is -0.765. The monoisotopic (exact) mass is 788 g/mol. The number of ether oxygens (including phenoxy) is 1. The number of unbranched alkanes of at least 4 members (excludes halogenated alkanes) is 17. The van der Waals surface area contributed by atoms with Gasteiger partial charge in [0.05, 0.1) is 35.1 Å². The molecule has 0 aliphatic carbocycles. The number of amides is 1. The van der Waals surface area contributed by atoms with E-state index in [-0.39, 0.29) is 39.5 Å². The molecule has 0 fully saturated rings. The van der Waals surface area contributed by atoms with Crippen LogP contribution in [0, 0.1) is 5.41 Å². The number of hydrogen-bond donors (Lipinski definition) is 2. The molecule has 0 radical (unpaired) electrons. The maximum absolute atomic E-state index is 14.0. The minimum absolute atomic E-state index is 0.00235. The number of carbonyl (C=O) groups excluding carboxylic acids is 2. The maximum atomic E-state index is 14.0. The van der Waals surface area contributed by atoms with Crippen molar-refractivity contribution in [3.8, 4) is 5.88 Å². The molecule has 54 heavy (non-hydrogen) atoms. The first kappa shape index (κ1) is 45.1. The highest BCUT2D eigenvalue weighted by Crippen LogP contribution is 2.32. The molecule has 2 aromatic heterocycles. The number of nitrogens with one attached hydrogen (secondary N) is 2. The van der Waals surface area contributed by atoms with Crippen molar-refractivity contribution >= 4 is 55.9 Å². The number of anilines is 2. The van der Waals surface area contributed by atoms with Gasteiger partial charge in [-0.15, -0.1) is 0 Å². The Hall–Kier alpha value is -3.25. The standard InChI is InChI=1S/C41H65ClN6O5S/c1-6-8-10-12-13-14-15-16-17-18-19-20-22-24-28-54(51,52)47-32-25-26-33(42)34(29-32)46-39(50)36(37(49)41(3,4)5)48-31-45-35-38(48)43-30-44-40(35)53-27-23-21-11-9-7-2/h25-26,29-31,36,47H,6-24,27-28H2,1-5H3,(H,46,50). The van der Waals surface area contributed by atoms with Crippen LogP contribution in [0.25, 0.3) is 11.2 Å². The van der Waals surface area contributed by atoms with Gasteiger partial charge in [0.25, 0.3) is 5.91 Å². The average Bonchev–Trinajstić information content (AvgIpc) is 3.55. The fourth-order valence-electron chi connectivity index (χ4n) is 6.38. The lowest BCUT2D eigenvalue weighted by atomic mass is 9.86. The van der Waals surface area contributed by atoms with Crippen molar-refractivity contribution in [2.75, 3.05) is 22.4 Å². The number of rotatable bonds is 28. The summed E-state index contributed by atoms with van der Waals surface area (Å²) in [6.07, 6.45) is 24.8. The highest BCUT2D eigenvalue weighted by molar-refractivity contribution is 7.92. The minimum atomic E-state index is -3.63. The van der Waals surface area contributed by atoms with Crippen molar-refractivity contribution in [3.05, 3.63) is 35.9 Å². The van der Waals surface area contributed by atoms with Gasteiger partial charge >= 0.3 is 0 Å². The van der Waals surface area contributed by atoms with Gasteiger partial charge in [0.2, 0.25) is 15.9 Å². The van der Waals surface area contributed by atoms with E-state index in [1.165, 1.54) is 100.0 Å². The maximum Gasteiger partial charge on any atom is 0.255 e. The first-order chi connectivity index (χ1) is 25.9. The summed E-state index contributed by atoms with van der Waals surface area (Å²) < 4.78 is 35.9. The van der Waals surface area contributed by atoms with Gasteiger partial charge in [-0.1, -0.05) is 155 Å². The summed E-state index contributed by atoms with van der Waals surface area (Å²) in [5, 5.41) is 2.95. The van der Waals surface area contributed by atoms with Gasteiger partial charge in [0.15, 0.2) is 23.0 Å². The Kier molecular flexibility index (Phi) is 19.7. The van der Waals surface area contributed by atoms with Crippen molar-refractivity contribution in [2.24, 2.45) is 5.41 Å². The molecule has 0 saturated heterocycles. The minimum Gasteiger partial charge on any atom is -0.476 e. The lowest BCUT2D eigenvalue weighted by Crippen LogP contribution is -2.38. The van der Waals surface area contributed by atoms with Crippen LogP contribution in [0.2, 0.25) is 5.02 Å². The number of aromatic nitrogens is 4. The Morgan fingerprint density at radius 1 is 0.796 bits per heavy atom. The SMILES string of the molecule is CCCCCCCCCCCCCCCCS(=O)(=O)Nc1ccc(Cl)c(NC(=O)C(C(=O)C(C)(C)C)n2cnc3c(OCCCCCCC)ncnc32)c1. The van der Waals surface area contributed by atoms with E-state index in [1.54, 1.807) is 26.8 Å². The van der Waals surface area contributed by atoms with Crippen LogP contribution in [-0.2, 0) is 19.6 Å². The van der Waals surface area contributed by atoms with E-state index in [2.05, 4.69) is 38.8 Å². The van der Waals surface area contributed by atoms with Crippen LogP contribution in [0.5, 0.6) is 5.88 Å². The summed E-state index contributed by atoms with van der Waals surface area (Å²) in [7, 11) is -3.63. The zero-order chi connectivity index (χ0) is 39.4.